The molecule has 4 rings (SSSR count). The second-order valence-corrected chi connectivity index (χ2v) is 11.2. The van der Waals surface area contributed by atoms with Crippen molar-refractivity contribution in [3.05, 3.63) is 51.0 Å². The molecule has 1 unspecified atom stereocenters. The topological polar surface area (TPSA) is 59.1 Å². The number of ether oxygens (including phenoxy) is 2. The molecule has 0 saturated heterocycles. The Kier molecular flexibility index (Phi) is 9.04. The highest BCUT2D eigenvalue weighted by molar-refractivity contribution is 7.89. The molecular weight excluding hydrogens is 519 g/mol. The fourth-order valence-corrected chi connectivity index (χ4v) is 7.43. The van der Waals surface area contributed by atoms with Crippen LogP contribution in [0.15, 0.2) is 29.2 Å². The first kappa shape index (κ1) is 27.4. The molecular formula is C24H31Cl3N2O4S. The Morgan fingerprint density at radius 3 is 2.59 bits per heavy atom. The van der Waals surface area contributed by atoms with Gasteiger partial charge in [-0.05, 0) is 61.1 Å². The number of hydrogen-bond acceptors (Lipinski definition) is 5. The summed E-state index contributed by atoms with van der Waals surface area (Å²) in [5.41, 5.74) is 3.98. The van der Waals surface area contributed by atoms with Gasteiger partial charge >= 0.3 is 0 Å². The summed E-state index contributed by atoms with van der Waals surface area (Å²) in [6.45, 7) is 4.42. The molecule has 0 radical (unpaired) electrons. The zero-order chi connectivity index (χ0) is 23.8. The predicted octanol–water partition coefficient (Wildman–Crippen LogP) is 5.38. The van der Waals surface area contributed by atoms with Gasteiger partial charge in [-0.25, -0.2) is 8.42 Å². The van der Waals surface area contributed by atoms with Gasteiger partial charge in [0.1, 0.15) is 4.90 Å². The van der Waals surface area contributed by atoms with Crippen molar-refractivity contribution in [1.29, 1.82) is 0 Å². The molecule has 0 N–H and O–H groups in total. The van der Waals surface area contributed by atoms with Crippen molar-refractivity contribution in [2.75, 3.05) is 40.4 Å². The van der Waals surface area contributed by atoms with Crippen LogP contribution < -0.4 is 9.47 Å². The second kappa shape index (κ2) is 11.2. The Hall–Kier alpha value is -1.22. The van der Waals surface area contributed by atoms with E-state index in [4.69, 9.17) is 32.7 Å². The van der Waals surface area contributed by atoms with E-state index in [9.17, 15) is 8.42 Å². The van der Waals surface area contributed by atoms with Gasteiger partial charge in [0.15, 0.2) is 11.5 Å². The molecule has 2 aliphatic rings. The van der Waals surface area contributed by atoms with Crippen molar-refractivity contribution in [3.8, 4) is 11.5 Å². The van der Waals surface area contributed by atoms with Crippen molar-refractivity contribution in [1.82, 2.24) is 9.21 Å². The fraction of sp³-hybridized carbons (Fsp3) is 0.500. The van der Waals surface area contributed by atoms with E-state index in [-0.39, 0.29) is 22.3 Å². The summed E-state index contributed by atoms with van der Waals surface area (Å²) in [5.74, 6) is 1.66. The van der Waals surface area contributed by atoms with Crippen LogP contribution in [-0.2, 0) is 22.9 Å². The first-order valence-electron chi connectivity index (χ1n) is 11.3. The molecule has 2 aromatic rings. The van der Waals surface area contributed by atoms with Gasteiger partial charge in [0, 0.05) is 42.8 Å². The first-order valence-corrected chi connectivity index (χ1v) is 13.5. The number of rotatable bonds is 9. The minimum absolute atomic E-state index is 0. The first-order chi connectivity index (χ1) is 15.8. The van der Waals surface area contributed by atoms with Gasteiger partial charge < -0.3 is 9.47 Å². The average molecular weight is 550 g/mol. The maximum absolute atomic E-state index is 13.2. The molecule has 0 amide bonds. The molecule has 1 aliphatic heterocycles. The van der Waals surface area contributed by atoms with Gasteiger partial charge in [-0.3, -0.25) is 4.90 Å². The fourth-order valence-electron chi connectivity index (χ4n) is 5.20. The molecule has 188 valence electrons. The predicted molar refractivity (Wildman–Crippen MR) is 139 cm³/mol. The lowest BCUT2D eigenvalue weighted by atomic mass is 9.92. The maximum Gasteiger partial charge on any atom is 0.244 e. The number of nitrogens with zero attached hydrogens (tertiary/aromatic N) is 2. The Bertz CT molecular complexity index is 1140. The summed E-state index contributed by atoms with van der Waals surface area (Å²) in [7, 11) is -0.335. The van der Waals surface area contributed by atoms with Crippen LogP contribution >= 0.6 is 35.6 Å². The van der Waals surface area contributed by atoms with E-state index in [0.29, 0.717) is 24.2 Å². The van der Waals surface area contributed by atoms with Crippen LogP contribution in [0, 0.1) is 0 Å². The average Bonchev–Trinajstić information content (AvgIpc) is 3.25. The third-order valence-corrected chi connectivity index (χ3v) is 9.42. The number of sulfonamides is 1. The lowest BCUT2D eigenvalue weighted by Crippen LogP contribution is -2.38. The van der Waals surface area contributed by atoms with E-state index in [1.54, 1.807) is 20.3 Å². The second-order valence-electron chi connectivity index (χ2n) is 8.43. The number of halogens is 3. The lowest BCUT2D eigenvalue weighted by Gasteiger charge is -2.36. The smallest absolute Gasteiger partial charge is 0.244 e. The van der Waals surface area contributed by atoms with Crippen LogP contribution in [0.4, 0.5) is 0 Å². The molecule has 0 fully saturated rings. The molecule has 34 heavy (non-hydrogen) atoms. The van der Waals surface area contributed by atoms with Crippen LogP contribution in [0.1, 0.15) is 42.5 Å². The summed E-state index contributed by atoms with van der Waals surface area (Å²) in [6, 6.07) is 7.00. The molecule has 0 spiro atoms. The van der Waals surface area contributed by atoms with Crippen molar-refractivity contribution in [2.45, 2.75) is 43.5 Å². The van der Waals surface area contributed by atoms with E-state index < -0.39 is 10.0 Å². The number of hydrogen-bond donors (Lipinski definition) is 0. The van der Waals surface area contributed by atoms with E-state index >= 15 is 0 Å². The van der Waals surface area contributed by atoms with Crippen LogP contribution in [-0.4, -0.2) is 58.0 Å². The maximum atomic E-state index is 13.2. The third-order valence-electron chi connectivity index (χ3n) is 6.73. The van der Waals surface area contributed by atoms with E-state index in [2.05, 4.69) is 11.0 Å². The molecule has 0 aromatic heterocycles. The highest BCUT2D eigenvalue weighted by atomic mass is 35.5. The molecule has 10 heteroatoms. The monoisotopic (exact) mass is 548 g/mol. The van der Waals surface area contributed by atoms with Crippen molar-refractivity contribution < 1.29 is 17.9 Å². The van der Waals surface area contributed by atoms with Crippen molar-refractivity contribution in [3.63, 3.8) is 0 Å². The zero-order valence-corrected chi connectivity index (χ0v) is 22.8. The molecule has 2 aromatic carbocycles. The summed E-state index contributed by atoms with van der Waals surface area (Å²) in [6.07, 6.45) is 3.69. The van der Waals surface area contributed by atoms with E-state index in [1.807, 2.05) is 6.92 Å². The zero-order valence-electron chi connectivity index (χ0n) is 19.6. The lowest BCUT2D eigenvalue weighted by molar-refractivity contribution is 0.179. The van der Waals surface area contributed by atoms with Gasteiger partial charge in [0.2, 0.25) is 10.0 Å². The normalized spacial score (nSPS) is 17.4. The van der Waals surface area contributed by atoms with Crippen molar-refractivity contribution in [2.24, 2.45) is 0 Å². The summed E-state index contributed by atoms with van der Waals surface area (Å²) >= 11 is 12.2. The SMILES string of the molecule is CCN(CCCN1CCc2cc(OC)c(OC)c3c2C1CC3)S(=O)(=O)c1cc(Cl)ccc1Cl.Cl. The Labute approximate surface area is 218 Å². The Balaban J connectivity index is 0.00000324. The van der Waals surface area contributed by atoms with Gasteiger partial charge in [-0.2, -0.15) is 4.31 Å². The molecule has 1 atom stereocenters. The van der Waals surface area contributed by atoms with Gasteiger partial charge in [0.25, 0.3) is 0 Å². The minimum Gasteiger partial charge on any atom is -0.493 e. The summed E-state index contributed by atoms with van der Waals surface area (Å²) < 4.78 is 39.1. The van der Waals surface area contributed by atoms with Crippen LogP contribution in [0.2, 0.25) is 10.0 Å². The van der Waals surface area contributed by atoms with Gasteiger partial charge in [-0.15, -0.1) is 12.4 Å². The molecule has 6 nitrogen and oxygen atoms in total. The van der Waals surface area contributed by atoms with Crippen LogP contribution in [0.3, 0.4) is 0 Å². The Morgan fingerprint density at radius 2 is 1.91 bits per heavy atom. The Morgan fingerprint density at radius 1 is 1.15 bits per heavy atom. The molecule has 0 saturated carbocycles. The highest BCUT2D eigenvalue weighted by Gasteiger charge is 2.37. The van der Waals surface area contributed by atoms with E-state index in [1.165, 1.54) is 33.1 Å². The summed E-state index contributed by atoms with van der Waals surface area (Å²) in [5, 5.41) is 0.540. The third kappa shape index (κ3) is 5.01. The van der Waals surface area contributed by atoms with Crippen molar-refractivity contribution >= 4 is 45.6 Å². The van der Waals surface area contributed by atoms with Gasteiger partial charge in [-0.1, -0.05) is 30.1 Å². The van der Waals surface area contributed by atoms with Crippen LogP contribution in [0.5, 0.6) is 11.5 Å². The standard InChI is InChI=1S/C24H30Cl2N2O4S.ClH/c1-4-28(33(29,30)22-15-17(25)6-8-19(22)26)12-5-11-27-13-10-16-14-21(31-2)24(32-3)18-7-9-20(27)23(16)18;/h6,8,14-15,20H,4-5,7,9-13H2,1-3H3;1H. The number of benzene rings is 2. The number of methoxy groups -OCH3 is 2. The largest absolute Gasteiger partial charge is 0.493 e. The molecule has 1 aliphatic carbocycles. The quantitative estimate of drug-likeness (QED) is 0.420. The highest BCUT2D eigenvalue weighted by Crippen LogP contribution is 2.48. The molecule has 0 bridgehead atoms. The van der Waals surface area contributed by atoms with Gasteiger partial charge in [0.05, 0.1) is 19.2 Å². The minimum atomic E-state index is -3.71. The van der Waals surface area contributed by atoms with Crippen LogP contribution in [0.25, 0.3) is 0 Å². The van der Waals surface area contributed by atoms with E-state index in [0.717, 1.165) is 50.3 Å². The summed E-state index contributed by atoms with van der Waals surface area (Å²) in [4.78, 5) is 2.55. The molecule has 1 heterocycles.